The highest BCUT2D eigenvalue weighted by molar-refractivity contribution is 5.82. The number of ether oxygens (including phenoxy) is 2. The van der Waals surface area contributed by atoms with E-state index in [0.717, 1.165) is 48.0 Å². The van der Waals surface area contributed by atoms with Crippen molar-refractivity contribution in [3.8, 4) is 11.1 Å². The van der Waals surface area contributed by atoms with Gasteiger partial charge in [0.1, 0.15) is 0 Å². The summed E-state index contributed by atoms with van der Waals surface area (Å²) in [6.45, 7) is 6.10. The van der Waals surface area contributed by atoms with Crippen molar-refractivity contribution < 1.29 is 19.4 Å². The van der Waals surface area contributed by atoms with Gasteiger partial charge in [0, 0.05) is 42.1 Å². The molecule has 3 heterocycles. The number of fused-ring (bicyclic) bond motifs is 1. The van der Waals surface area contributed by atoms with E-state index in [1.54, 1.807) is 31.8 Å². The smallest absolute Gasteiger partial charge is 0.333 e. The molecule has 1 aliphatic carbocycles. The number of aromatic nitrogens is 5. The summed E-state index contributed by atoms with van der Waals surface area (Å²) in [5, 5.41) is 22.6. The van der Waals surface area contributed by atoms with Gasteiger partial charge in [-0.2, -0.15) is 5.10 Å². The summed E-state index contributed by atoms with van der Waals surface area (Å²) >= 11 is 0. The molecule has 0 bridgehead atoms. The van der Waals surface area contributed by atoms with Crippen LogP contribution in [0.15, 0.2) is 24.7 Å². The average Bonchev–Trinajstić information content (AvgIpc) is 3.44. The van der Waals surface area contributed by atoms with Crippen molar-refractivity contribution in [3.63, 3.8) is 0 Å². The highest BCUT2D eigenvalue weighted by Gasteiger charge is 2.32. The fourth-order valence-electron chi connectivity index (χ4n) is 4.60. The molecular formula is C24H34N6O4. The summed E-state index contributed by atoms with van der Waals surface area (Å²) in [6, 6.07) is 2.20. The third kappa shape index (κ3) is 4.65. The predicted molar refractivity (Wildman–Crippen MR) is 128 cm³/mol. The summed E-state index contributed by atoms with van der Waals surface area (Å²) in [6.07, 6.45) is 8.53. The number of hydrogen-bond acceptors (Lipinski definition) is 8. The van der Waals surface area contributed by atoms with Crippen molar-refractivity contribution in [1.82, 2.24) is 24.4 Å². The molecule has 3 aromatic heterocycles. The van der Waals surface area contributed by atoms with Crippen LogP contribution < -0.4 is 5.32 Å². The van der Waals surface area contributed by atoms with E-state index in [1.807, 2.05) is 23.8 Å². The maximum absolute atomic E-state index is 12.3. The number of aliphatic hydroxyl groups excluding tert-OH is 1. The number of carbonyl (C=O) groups excluding carboxylic acids is 1. The van der Waals surface area contributed by atoms with E-state index in [0.29, 0.717) is 12.6 Å². The molecule has 3 aromatic rings. The maximum Gasteiger partial charge on any atom is 0.333 e. The van der Waals surface area contributed by atoms with E-state index in [-0.39, 0.29) is 24.0 Å². The van der Waals surface area contributed by atoms with E-state index >= 15 is 0 Å². The van der Waals surface area contributed by atoms with Gasteiger partial charge in [-0.3, -0.25) is 4.68 Å². The minimum atomic E-state index is -0.935. The first-order valence-electron chi connectivity index (χ1n) is 11.7. The summed E-state index contributed by atoms with van der Waals surface area (Å²) in [4.78, 5) is 16.8. The molecule has 0 saturated heterocycles. The Kier molecular flexibility index (Phi) is 6.90. The topological polar surface area (TPSA) is 116 Å². The zero-order valence-electron chi connectivity index (χ0n) is 20.5. The quantitative estimate of drug-likeness (QED) is 0.483. The molecule has 4 rings (SSSR count). The zero-order valence-corrected chi connectivity index (χ0v) is 20.5. The van der Waals surface area contributed by atoms with Gasteiger partial charge >= 0.3 is 5.97 Å². The molecule has 1 atom stereocenters. The molecule has 2 N–H and O–H groups in total. The van der Waals surface area contributed by atoms with Crippen LogP contribution in [0.2, 0.25) is 0 Å². The SMILES string of the molecule is COCC(C)Nc1ncc2c(-c3cnn(C(C)(C)C(=O)OC)c3)cc([C@H]3CC[C@H](O)CC3)n2n1. The number of carbonyl (C=O) groups is 1. The van der Waals surface area contributed by atoms with Crippen molar-refractivity contribution in [1.29, 1.82) is 0 Å². The van der Waals surface area contributed by atoms with E-state index in [4.69, 9.17) is 14.6 Å². The van der Waals surface area contributed by atoms with E-state index in [1.165, 1.54) is 7.11 Å². The summed E-state index contributed by atoms with van der Waals surface area (Å²) in [5.41, 5.74) is 2.83. The van der Waals surface area contributed by atoms with Crippen LogP contribution in [0.1, 0.15) is 58.1 Å². The largest absolute Gasteiger partial charge is 0.467 e. The lowest BCUT2D eigenvalue weighted by atomic mass is 9.85. The molecule has 0 spiro atoms. The summed E-state index contributed by atoms with van der Waals surface area (Å²) < 4.78 is 13.7. The number of nitrogens with one attached hydrogen (secondary N) is 1. The van der Waals surface area contributed by atoms with Crippen LogP contribution in [0.5, 0.6) is 0 Å². The Labute approximate surface area is 199 Å². The first kappa shape index (κ1) is 24.2. The molecule has 1 unspecified atom stereocenters. The molecule has 0 aliphatic heterocycles. The Morgan fingerprint density at radius 3 is 2.68 bits per heavy atom. The van der Waals surface area contributed by atoms with Gasteiger partial charge < -0.3 is 19.9 Å². The van der Waals surface area contributed by atoms with Gasteiger partial charge in [-0.15, -0.1) is 5.10 Å². The molecular weight excluding hydrogens is 436 g/mol. The molecule has 184 valence electrons. The predicted octanol–water partition coefficient (Wildman–Crippen LogP) is 2.97. The molecule has 10 nitrogen and oxygen atoms in total. The molecule has 0 aromatic carbocycles. The number of hydrogen-bond donors (Lipinski definition) is 2. The van der Waals surface area contributed by atoms with Crippen molar-refractivity contribution in [2.45, 2.75) is 70.1 Å². The lowest BCUT2D eigenvalue weighted by Crippen LogP contribution is -2.37. The number of methoxy groups -OCH3 is 2. The molecule has 1 fully saturated rings. The highest BCUT2D eigenvalue weighted by Crippen LogP contribution is 2.38. The van der Waals surface area contributed by atoms with Crippen LogP contribution in [-0.2, 0) is 19.8 Å². The van der Waals surface area contributed by atoms with Gasteiger partial charge in [-0.1, -0.05) is 0 Å². The number of esters is 1. The third-order valence-corrected chi connectivity index (χ3v) is 6.60. The zero-order chi connectivity index (χ0) is 24.5. The number of rotatable bonds is 8. The first-order valence-corrected chi connectivity index (χ1v) is 11.7. The Balaban J connectivity index is 1.76. The van der Waals surface area contributed by atoms with Crippen LogP contribution >= 0.6 is 0 Å². The first-order chi connectivity index (χ1) is 16.2. The Bertz CT molecular complexity index is 1150. The lowest BCUT2D eigenvalue weighted by Gasteiger charge is -2.25. The minimum absolute atomic E-state index is 0.0598. The Morgan fingerprint density at radius 2 is 2.00 bits per heavy atom. The summed E-state index contributed by atoms with van der Waals surface area (Å²) in [5.74, 6) is 0.443. The number of nitrogens with zero attached hydrogens (tertiary/aromatic N) is 5. The molecule has 10 heteroatoms. The van der Waals surface area contributed by atoms with Crippen LogP contribution in [0.4, 0.5) is 5.95 Å². The normalized spacial score (nSPS) is 19.8. The van der Waals surface area contributed by atoms with Gasteiger partial charge in [0.25, 0.3) is 0 Å². The fraction of sp³-hybridized carbons (Fsp3) is 0.583. The standard InChI is InChI=1S/C24H34N6O4/c1-15(14-33-4)27-23-25-12-21-19(17-11-26-29(13-17)24(2,3)22(32)34-5)10-20(30(21)28-23)16-6-8-18(31)9-7-16/h10-13,15-16,18,31H,6-9,14H2,1-5H3,(H,27,28)/t15?,16-,18-. The van der Waals surface area contributed by atoms with Gasteiger partial charge in [0.05, 0.1) is 37.7 Å². The van der Waals surface area contributed by atoms with Gasteiger partial charge in [0.15, 0.2) is 5.54 Å². The molecule has 1 aliphatic rings. The Morgan fingerprint density at radius 1 is 1.26 bits per heavy atom. The average molecular weight is 471 g/mol. The Hall–Kier alpha value is -2.98. The minimum Gasteiger partial charge on any atom is -0.467 e. The molecule has 34 heavy (non-hydrogen) atoms. The third-order valence-electron chi connectivity index (χ3n) is 6.60. The second kappa shape index (κ2) is 9.71. The van der Waals surface area contributed by atoms with Crippen molar-refractivity contribution in [3.05, 3.63) is 30.4 Å². The highest BCUT2D eigenvalue weighted by atomic mass is 16.5. The van der Waals surface area contributed by atoms with E-state index in [2.05, 4.69) is 21.5 Å². The van der Waals surface area contributed by atoms with Crippen LogP contribution in [-0.4, -0.2) is 68.4 Å². The molecule has 0 radical (unpaired) electrons. The van der Waals surface area contributed by atoms with Crippen LogP contribution in [0, 0.1) is 0 Å². The monoisotopic (exact) mass is 470 g/mol. The van der Waals surface area contributed by atoms with Crippen molar-refractivity contribution in [2.24, 2.45) is 0 Å². The lowest BCUT2D eigenvalue weighted by molar-refractivity contribution is -0.150. The van der Waals surface area contributed by atoms with Gasteiger partial charge in [0.2, 0.25) is 5.95 Å². The van der Waals surface area contributed by atoms with E-state index in [9.17, 15) is 9.90 Å². The van der Waals surface area contributed by atoms with Crippen LogP contribution in [0.3, 0.4) is 0 Å². The van der Waals surface area contributed by atoms with Gasteiger partial charge in [-0.25, -0.2) is 14.3 Å². The van der Waals surface area contributed by atoms with E-state index < -0.39 is 5.54 Å². The maximum atomic E-state index is 12.3. The van der Waals surface area contributed by atoms with Crippen LogP contribution in [0.25, 0.3) is 16.6 Å². The second-order valence-electron chi connectivity index (χ2n) is 9.59. The number of aliphatic hydroxyl groups is 1. The van der Waals surface area contributed by atoms with Gasteiger partial charge in [-0.05, 0) is 52.5 Å². The number of anilines is 1. The van der Waals surface area contributed by atoms with Crippen molar-refractivity contribution >= 4 is 17.4 Å². The molecule has 0 amide bonds. The summed E-state index contributed by atoms with van der Waals surface area (Å²) in [7, 11) is 3.04. The fourth-order valence-corrected chi connectivity index (χ4v) is 4.60. The second-order valence-corrected chi connectivity index (χ2v) is 9.59. The molecule has 1 saturated carbocycles. The van der Waals surface area contributed by atoms with Crippen molar-refractivity contribution in [2.75, 3.05) is 26.1 Å².